The Kier molecular flexibility index (Phi) is 3.26. The molecule has 0 spiro atoms. The van der Waals surface area contributed by atoms with E-state index in [1.165, 1.54) is 0 Å². The van der Waals surface area contributed by atoms with Gasteiger partial charge in [-0.05, 0) is 32.4 Å². The topological polar surface area (TPSA) is 43.9 Å². The van der Waals surface area contributed by atoms with E-state index in [1.54, 1.807) is 0 Å². The average molecular weight is 290 g/mol. The third kappa shape index (κ3) is 2.10. The first-order valence-corrected chi connectivity index (χ1v) is 7.07. The molecular formula is C15H16ClN3O. The minimum atomic E-state index is 0.368. The molecule has 0 saturated heterocycles. The molecular weight excluding hydrogens is 274 g/mol. The molecule has 20 heavy (non-hydrogen) atoms. The molecule has 2 heterocycles. The van der Waals surface area contributed by atoms with E-state index < -0.39 is 0 Å². The summed E-state index contributed by atoms with van der Waals surface area (Å²) < 4.78 is 7.73. The average Bonchev–Trinajstić information content (AvgIpc) is 2.93. The van der Waals surface area contributed by atoms with Crippen molar-refractivity contribution in [2.75, 3.05) is 0 Å². The smallest absolute Gasteiger partial charge is 0.214 e. The summed E-state index contributed by atoms with van der Waals surface area (Å²) in [5.74, 6) is 2.75. The minimum absolute atomic E-state index is 0.368. The summed E-state index contributed by atoms with van der Waals surface area (Å²) in [4.78, 5) is 9.05. The number of alkyl halides is 1. The van der Waals surface area contributed by atoms with Gasteiger partial charge in [0.25, 0.3) is 0 Å². The number of oxazole rings is 1. The van der Waals surface area contributed by atoms with Crippen molar-refractivity contribution >= 4 is 22.6 Å². The molecule has 0 aliphatic carbocycles. The van der Waals surface area contributed by atoms with Crippen molar-refractivity contribution in [3.8, 4) is 0 Å². The number of imidazole rings is 1. The molecule has 3 aromatic rings. The fourth-order valence-electron chi connectivity index (χ4n) is 2.36. The molecule has 2 aromatic heterocycles. The molecule has 0 N–H and O–H groups in total. The molecule has 0 unspecified atom stereocenters. The van der Waals surface area contributed by atoms with E-state index in [1.807, 2.05) is 26.0 Å². The summed E-state index contributed by atoms with van der Waals surface area (Å²) in [7, 11) is 0. The van der Waals surface area contributed by atoms with Gasteiger partial charge < -0.3 is 8.98 Å². The van der Waals surface area contributed by atoms with E-state index in [0.717, 1.165) is 33.9 Å². The standard InChI is InChI=1S/C15H16ClN3O/c1-9-5-4-6-12-15(9)18-13(7-16)19(12)8-14-17-10(2)11(3)20-14/h4-6H,7-8H2,1-3H3. The zero-order valence-electron chi connectivity index (χ0n) is 11.8. The van der Waals surface area contributed by atoms with Crippen LogP contribution in [0, 0.1) is 20.8 Å². The normalized spacial score (nSPS) is 11.4. The van der Waals surface area contributed by atoms with E-state index in [4.69, 9.17) is 16.0 Å². The Labute approximate surface area is 122 Å². The fraction of sp³-hybridized carbons (Fsp3) is 0.333. The highest BCUT2D eigenvalue weighted by molar-refractivity contribution is 6.16. The van der Waals surface area contributed by atoms with Gasteiger partial charge in [0.2, 0.25) is 5.89 Å². The lowest BCUT2D eigenvalue weighted by atomic mass is 10.2. The van der Waals surface area contributed by atoms with Gasteiger partial charge in [-0.3, -0.25) is 0 Å². The van der Waals surface area contributed by atoms with Crippen LogP contribution in [-0.2, 0) is 12.4 Å². The van der Waals surface area contributed by atoms with Gasteiger partial charge in [-0.2, -0.15) is 0 Å². The van der Waals surface area contributed by atoms with Crippen LogP contribution in [0.2, 0.25) is 0 Å². The van der Waals surface area contributed by atoms with Crippen LogP contribution in [0.4, 0.5) is 0 Å². The van der Waals surface area contributed by atoms with E-state index in [2.05, 4.69) is 27.5 Å². The van der Waals surface area contributed by atoms with Crippen molar-refractivity contribution in [1.82, 2.24) is 14.5 Å². The lowest BCUT2D eigenvalue weighted by Crippen LogP contribution is -2.04. The van der Waals surface area contributed by atoms with Crippen LogP contribution in [-0.4, -0.2) is 14.5 Å². The molecule has 0 amide bonds. The Morgan fingerprint density at radius 1 is 1.20 bits per heavy atom. The number of hydrogen-bond acceptors (Lipinski definition) is 3. The summed E-state index contributed by atoms with van der Waals surface area (Å²) >= 11 is 6.02. The van der Waals surface area contributed by atoms with Crippen molar-refractivity contribution in [3.05, 3.63) is 46.9 Å². The molecule has 4 nitrogen and oxygen atoms in total. The number of benzene rings is 1. The predicted octanol–water partition coefficient (Wildman–Crippen LogP) is 3.74. The summed E-state index contributed by atoms with van der Waals surface area (Å²) in [6.07, 6.45) is 0. The van der Waals surface area contributed by atoms with Gasteiger partial charge in [0.15, 0.2) is 0 Å². The predicted molar refractivity (Wildman–Crippen MR) is 79.1 cm³/mol. The van der Waals surface area contributed by atoms with Crippen LogP contribution in [0.3, 0.4) is 0 Å². The zero-order chi connectivity index (χ0) is 14.3. The largest absolute Gasteiger partial charge is 0.444 e. The van der Waals surface area contributed by atoms with Crippen molar-refractivity contribution in [2.24, 2.45) is 0 Å². The Balaban J connectivity index is 2.12. The minimum Gasteiger partial charge on any atom is -0.444 e. The number of aryl methyl sites for hydroxylation is 3. The van der Waals surface area contributed by atoms with E-state index in [0.29, 0.717) is 18.3 Å². The zero-order valence-corrected chi connectivity index (χ0v) is 12.5. The number of rotatable bonds is 3. The summed E-state index contributed by atoms with van der Waals surface area (Å²) in [5, 5.41) is 0. The van der Waals surface area contributed by atoms with Gasteiger partial charge in [-0.15, -0.1) is 11.6 Å². The molecule has 104 valence electrons. The molecule has 1 aromatic carbocycles. The first-order chi connectivity index (χ1) is 9.60. The Morgan fingerprint density at radius 3 is 2.65 bits per heavy atom. The lowest BCUT2D eigenvalue weighted by molar-refractivity contribution is 0.457. The molecule has 5 heteroatoms. The Morgan fingerprint density at radius 2 is 2.00 bits per heavy atom. The maximum atomic E-state index is 6.02. The van der Waals surface area contributed by atoms with Gasteiger partial charge in [0, 0.05) is 0 Å². The highest BCUT2D eigenvalue weighted by Crippen LogP contribution is 2.22. The maximum Gasteiger partial charge on any atom is 0.214 e. The molecule has 0 aliphatic heterocycles. The Bertz CT molecular complexity index is 753. The quantitative estimate of drug-likeness (QED) is 0.690. The van der Waals surface area contributed by atoms with Gasteiger partial charge in [-0.1, -0.05) is 12.1 Å². The molecule has 0 bridgehead atoms. The van der Waals surface area contributed by atoms with Crippen molar-refractivity contribution < 1.29 is 4.42 Å². The van der Waals surface area contributed by atoms with Crippen LogP contribution in [0.5, 0.6) is 0 Å². The first kappa shape index (κ1) is 13.2. The summed E-state index contributed by atoms with van der Waals surface area (Å²) in [5.41, 5.74) is 4.12. The molecule has 3 rings (SSSR count). The number of nitrogens with zero attached hydrogens (tertiary/aromatic N) is 3. The van der Waals surface area contributed by atoms with Crippen LogP contribution < -0.4 is 0 Å². The van der Waals surface area contributed by atoms with Crippen molar-refractivity contribution in [2.45, 2.75) is 33.2 Å². The van der Waals surface area contributed by atoms with E-state index in [-0.39, 0.29) is 0 Å². The third-order valence-corrected chi connectivity index (χ3v) is 3.78. The molecule has 0 aliphatic rings. The number of para-hydroxylation sites is 1. The number of hydrogen-bond donors (Lipinski definition) is 0. The Hall–Kier alpha value is -1.81. The van der Waals surface area contributed by atoms with Gasteiger partial charge in [0.05, 0.1) is 22.6 Å². The second kappa shape index (κ2) is 4.94. The highest BCUT2D eigenvalue weighted by atomic mass is 35.5. The van der Waals surface area contributed by atoms with Crippen molar-refractivity contribution in [3.63, 3.8) is 0 Å². The molecule has 0 fully saturated rings. The van der Waals surface area contributed by atoms with Crippen LogP contribution in [0.15, 0.2) is 22.6 Å². The summed E-state index contributed by atoms with van der Waals surface area (Å²) in [6, 6.07) is 6.13. The number of aromatic nitrogens is 3. The van der Waals surface area contributed by atoms with E-state index >= 15 is 0 Å². The van der Waals surface area contributed by atoms with Crippen LogP contribution in [0.1, 0.15) is 28.7 Å². The second-order valence-electron chi connectivity index (χ2n) is 4.94. The lowest BCUT2D eigenvalue weighted by Gasteiger charge is -2.04. The van der Waals surface area contributed by atoms with Gasteiger partial charge in [-0.25, -0.2) is 9.97 Å². The molecule has 0 atom stereocenters. The van der Waals surface area contributed by atoms with Gasteiger partial charge >= 0.3 is 0 Å². The maximum absolute atomic E-state index is 6.02. The molecule has 0 saturated carbocycles. The van der Waals surface area contributed by atoms with Crippen LogP contribution in [0.25, 0.3) is 11.0 Å². The number of halogens is 1. The highest BCUT2D eigenvalue weighted by Gasteiger charge is 2.14. The first-order valence-electron chi connectivity index (χ1n) is 6.53. The monoisotopic (exact) mass is 289 g/mol. The third-order valence-electron chi connectivity index (χ3n) is 3.55. The molecule has 0 radical (unpaired) electrons. The number of fused-ring (bicyclic) bond motifs is 1. The summed E-state index contributed by atoms with van der Waals surface area (Å²) in [6.45, 7) is 6.47. The van der Waals surface area contributed by atoms with E-state index in [9.17, 15) is 0 Å². The second-order valence-corrected chi connectivity index (χ2v) is 5.21. The van der Waals surface area contributed by atoms with Gasteiger partial charge in [0.1, 0.15) is 18.1 Å². The SMILES string of the molecule is Cc1nc(Cn2c(CCl)nc3c(C)cccc32)oc1C. The fourth-order valence-corrected chi connectivity index (χ4v) is 2.56. The van der Waals surface area contributed by atoms with Crippen molar-refractivity contribution in [1.29, 1.82) is 0 Å². The van der Waals surface area contributed by atoms with Crippen LogP contribution >= 0.6 is 11.6 Å².